The van der Waals surface area contributed by atoms with Gasteiger partial charge in [0.15, 0.2) is 0 Å². The van der Waals surface area contributed by atoms with Gasteiger partial charge in [-0.3, -0.25) is 24.3 Å². The lowest BCUT2D eigenvalue weighted by Gasteiger charge is -2.13. The van der Waals surface area contributed by atoms with Crippen LogP contribution in [0, 0.1) is 0 Å². The predicted octanol–water partition coefficient (Wildman–Crippen LogP) is 1.98. The number of nitrogens with one attached hydrogen (secondary N) is 1. The molecule has 0 radical (unpaired) electrons. The number of rotatable bonds is 3. The number of hydrogen-bond acceptors (Lipinski definition) is 5. The Hall–Kier alpha value is -3.87. The average molecular weight is 361 g/mol. The van der Waals surface area contributed by atoms with Gasteiger partial charge in [-0.2, -0.15) is 0 Å². The molecule has 0 fully saturated rings. The van der Waals surface area contributed by atoms with Crippen molar-refractivity contribution < 1.29 is 14.3 Å². The number of amides is 2. The number of fused-ring (bicyclic) bond motifs is 1. The van der Waals surface area contributed by atoms with Crippen molar-refractivity contribution in [2.24, 2.45) is 0 Å². The van der Waals surface area contributed by atoms with Gasteiger partial charge in [-0.05, 0) is 35.4 Å². The first kappa shape index (κ1) is 16.6. The number of nitrogen functional groups attached to an aromatic ring is 1. The monoisotopic (exact) mass is 361 g/mol. The summed E-state index contributed by atoms with van der Waals surface area (Å²) in [4.78, 5) is 36.3. The molecule has 7 heteroatoms. The average Bonchev–Trinajstić information content (AvgIpc) is 2.95. The fourth-order valence-electron chi connectivity index (χ4n) is 3.15. The summed E-state index contributed by atoms with van der Waals surface area (Å²) in [5.41, 5.74) is 7.92. The molecule has 1 aromatic heterocycles. The summed E-state index contributed by atoms with van der Waals surface area (Å²) in [6, 6.07) is 15.8. The lowest BCUT2D eigenvalue weighted by molar-refractivity contribution is 0.0880. The number of hydrogen-bond donors (Lipinski definition) is 2. The quantitative estimate of drug-likeness (QED) is 0.694. The molecule has 4 rings (SSSR count). The zero-order valence-corrected chi connectivity index (χ0v) is 14.4. The number of carbonyl (C=O) groups excluding carboxylic acids is 2. The number of nitrogens with zero attached hydrogens (tertiary/aromatic N) is 1. The molecular formula is C20H15N3O4. The minimum Gasteiger partial charge on any atom is -0.497 e. The molecule has 134 valence electrons. The molecule has 1 aliphatic rings. The van der Waals surface area contributed by atoms with Crippen LogP contribution in [0.5, 0.6) is 5.75 Å². The van der Waals surface area contributed by atoms with E-state index in [1.54, 1.807) is 25.3 Å². The Bertz CT molecular complexity index is 1150. The highest BCUT2D eigenvalue weighted by atomic mass is 16.5. The van der Waals surface area contributed by atoms with Crippen LogP contribution in [0.2, 0.25) is 0 Å². The first-order valence-electron chi connectivity index (χ1n) is 8.15. The van der Waals surface area contributed by atoms with Gasteiger partial charge >= 0.3 is 0 Å². The highest BCUT2D eigenvalue weighted by Gasteiger charge is 2.31. The second-order valence-corrected chi connectivity index (χ2v) is 6.05. The van der Waals surface area contributed by atoms with Gasteiger partial charge in [-0.1, -0.05) is 24.3 Å². The molecule has 0 saturated carbocycles. The van der Waals surface area contributed by atoms with Crippen LogP contribution in [0.1, 0.15) is 20.7 Å². The SMILES string of the molecule is COc1ccc(-c2cccc(-n3c(N)c4c(cc3=O)C(=O)NC4=O)c2)cc1. The Morgan fingerprint density at radius 3 is 2.37 bits per heavy atom. The van der Waals surface area contributed by atoms with Crippen LogP contribution in [-0.2, 0) is 0 Å². The zero-order chi connectivity index (χ0) is 19.1. The van der Waals surface area contributed by atoms with Gasteiger partial charge in [0.25, 0.3) is 17.4 Å². The molecule has 0 spiro atoms. The summed E-state index contributed by atoms with van der Waals surface area (Å²) in [5, 5.41) is 2.16. The number of carbonyl (C=O) groups is 2. The number of methoxy groups -OCH3 is 1. The maximum atomic E-state index is 12.6. The van der Waals surface area contributed by atoms with E-state index in [9.17, 15) is 14.4 Å². The summed E-state index contributed by atoms with van der Waals surface area (Å²) < 4.78 is 6.39. The van der Waals surface area contributed by atoms with Crippen molar-refractivity contribution in [2.45, 2.75) is 0 Å². The van der Waals surface area contributed by atoms with Crippen molar-refractivity contribution in [2.75, 3.05) is 12.8 Å². The first-order chi connectivity index (χ1) is 13.0. The molecule has 0 atom stereocenters. The summed E-state index contributed by atoms with van der Waals surface area (Å²) in [6.45, 7) is 0. The maximum Gasteiger partial charge on any atom is 0.262 e. The van der Waals surface area contributed by atoms with Crippen molar-refractivity contribution in [1.29, 1.82) is 0 Å². The number of ether oxygens (including phenoxy) is 1. The van der Waals surface area contributed by atoms with Crippen molar-refractivity contribution in [3.8, 4) is 22.6 Å². The molecule has 1 aliphatic heterocycles. The summed E-state index contributed by atoms with van der Waals surface area (Å²) in [6.07, 6.45) is 0. The molecule has 0 unspecified atom stereocenters. The van der Waals surface area contributed by atoms with E-state index in [1.807, 2.05) is 30.3 Å². The summed E-state index contributed by atoms with van der Waals surface area (Å²) in [5.74, 6) is -0.539. The van der Waals surface area contributed by atoms with Crippen LogP contribution in [0.15, 0.2) is 59.4 Å². The largest absolute Gasteiger partial charge is 0.497 e. The van der Waals surface area contributed by atoms with Crippen molar-refractivity contribution >= 4 is 17.6 Å². The van der Waals surface area contributed by atoms with Gasteiger partial charge < -0.3 is 10.5 Å². The van der Waals surface area contributed by atoms with E-state index in [1.165, 1.54) is 4.57 Å². The second kappa shape index (κ2) is 6.14. The van der Waals surface area contributed by atoms with Gasteiger partial charge in [-0.15, -0.1) is 0 Å². The molecule has 0 bridgehead atoms. The Morgan fingerprint density at radius 1 is 0.926 bits per heavy atom. The minimum atomic E-state index is -0.613. The Balaban J connectivity index is 1.86. The molecule has 2 heterocycles. The van der Waals surface area contributed by atoms with Gasteiger partial charge in [0.1, 0.15) is 11.6 Å². The van der Waals surface area contributed by atoms with Crippen LogP contribution in [0.25, 0.3) is 16.8 Å². The third kappa shape index (κ3) is 2.65. The lowest BCUT2D eigenvalue weighted by Crippen LogP contribution is -2.24. The van der Waals surface area contributed by atoms with Crippen molar-refractivity contribution in [3.05, 3.63) is 76.1 Å². The number of aromatic nitrogens is 1. The topological polar surface area (TPSA) is 103 Å². The fourth-order valence-corrected chi connectivity index (χ4v) is 3.15. The third-order valence-electron chi connectivity index (χ3n) is 4.48. The Morgan fingerprint density at radius 2 is 1.67 bits per heavy atom. The van der Waals surface area contributed by atoms with E-state index in [0.717, 1.165) is 22.9 Å². The zero-order valence-electron chi connectivity index (χ0n) is 14.4. The van der Waals surface area contributed by atoms with Crippen LogP contribution < -0.4 is 21.3 Å². The second-order valence-electron chi connectivity index (χ2n) is 6.05. The number of nitrogens with two attached hydrogens (primary N) is 1. The number of anilines is 1. The minimum absolute atomic E-state index is 0.00468. The molecule has 0 aliphatic carbocycles. The predicted molar refractivity (Wildman–Crippen MR) is 100 cm³/mol. The highest BCUT2D eigenvalue weighted by molar-refractivity contribution is 6.23. The third-order valence-corrected chi connectivity index (χ3v) is 4.48. The number of benzene rings is 2. The van der Waals surface area contributed by atoms with E-state index in [2.05, 4.69) is 5.32 Å². The first-order valence-corrected chi connectivity index (χ1v) is 8.15. The molecular weight excluding hydrogens is 346 g/mol. The van der Waals surface area contributed by atoms with Crippen molar-refractivity contribution in [3.63, 3.8) is 0 Å². The van der Waals surface area contributed by atoms with Crippen LogP contribution in [-0.4, -0.2) is 23.5 Å². The van der Waals surface area contributed by atoms with Crippen LogP contribution in [0.4, 0.5) is 5.82 Å². The molecule has 2 aromatic carbocycles. The Labute approximate surface area is 154 Å². The van der Waals surface area contributed by atoms with Gasteiger partial charge in [-0.25, -0.2) is 0 Å². The lowest BCUT2D eigenvalue weighted by atomic mass is 10.0. The fraction of sp³-hybridized carbons (Fsp3) is 0.0500. The molecule has 27 heavy (non-hydrogen) atoms. The molecule has 0 saturated heterocycles. The molecule has 3 aromatic rings. The van der Waals surface area contributed by atoms with E-state index in [4.69, 9.17) is 10.5 Å². The molecule has 2 amide bonds. The van der Waals surface area contributed by atoms with Crippen LogP contribution >= 0.6 is 0 Å². The van der Waals surface area contributed by atoms with E-state index >= 15 is 0 Å². The van der Waals surface area contributed by atoms with Crippen LogP contribution in [0.3, 0.4) is 0 Å². The Kier molecular flexibility index (Phi) is 3.77. The van der Waals surface area contributed by atoms with Crippen molar-refractivity contribution in [1.82, 2.24) is 9.88 Å². The van der Waals surface area contributed by atoms with Gasteiger partial charge in [0.2, 0.25) is 0 Å². The maximum absolute atomic E-state index is 12.6. The van der Waals surface area contributed by atoms with E-state index in [-0.39, 0.29) is 16.9 Å². The summed E-state index contributed by atoms with van der Waals surface area (Å²) >= 11 is 0. The molecule has 3 N–H and O–H groups in total. The smallest absolute Gasteiger partial charge is 0.262 e. The van der Waals surface area contributed by atoms with E-state index in [0.29, 0.717) is 5.69 Å². The van der Waals surface area contributed by atoms with E-state index < -0.39 is 17.4 Å². The standard InChI is InChI=1S/C20H15N3O4/c1-27-14-7-5-11(6-8-14)12-3-2-4-13(9-12)23-16(24)10-15-17(18(23)21)20(26)22-19(15)25/h2-10H,21H2,1H3,(H,22,25,26). The normalized spacial score (nSPS) is 12.6. The summed E-state index contributed by atoms with van der Waals surface area (Å²) in [7, 11) is 1.60. The molecule has 7 nitrogen and oxygen atoms in total. The number of imide groups is 1. The van der Waals surface area contributed by atoms with Gasteiger partial charge in [0, 0.05) is 6.07 Å². The highest BCUT2D eigenvalue weighted by Crippen LogP contribution is 2.27. The van der Waals surface area contributed by atoms with Gasteiger partial charge in [0.05, 0.1) is 23.9 Å². The number of pyridine rings is 1.